The third-order valence-corrected chi connectivity index (χ3v) is 5.35. The molecule has 32 heavy (non-hydrogen) atoms. The Morgan fingerprint density at radius 3 is 2.62 bits per heavy atom. The summed E-state index contributed by atoms with van der Waals surface area (Å²) in [6.45, 7) is 3.49. The number of ether oxygens (including phenoxy) is 2. The number of hydrogen-bond acceptors (Lipinski definition) is 7. The van der Waals surface area contributed by atoms with Gasteiger partial charge < -0.3 is 24.8 Å². The lowest BCUT2D eigenvalue weighted by Gasteiger charge is -2.28. The largest absolute Gasteiger partial charge is 0.491 e. The molecule has 1 saturated heterocycles. The van der Waals surface area contributed by atoms with E-state index in [2.05, 4.69) is 10.2 Å². The van der Waals surface area contributed by atoms with Crippen LogP contribution >= 0.6 is 11.6 Å². The molecule has 1 aliphatic rings. The first-order chi connectivity index (χ1) is 15.6. The van der Waals surface area contributed by atoms with Crippen molar-refractivity contribution in [3.8, 4) is 28.4 Å². The van der Waals surface area contributed by atoms with Crippen LogP contribution in [0.3, 0.4) is 0 Å². The van der Waals surface area contributed by atoms with Gasteiger partial charge in [0.2, 0.25) is 0 Å². The van der Waals surface area contributed by atoms with E-state index in [1.807, 2.05) is 48.5 Å². The Hall–Kier alpha value is -2.71. The number of nitrogens with one attached hydrogen (secondary N) is 1. The standard InChI is InChI=1S/C24H27ClN4O3/c1-26-15-20(30)16-32-21-12-18(11-19(25)13-21)24-27-22(17-5-3-2-4-6-17)14-23(28-24)29-7-9-31-10-8-29/h2-6,11-14,20,26,30H,7-10,15-16H2,1H3. The van der Waals surface area contributed by atoms with Crippen molar-refractivity contribution in [3.05, 3.63) is 59.6 Å². The highest BCUT2D eigenvalue weighted by Crippen LogP contribution is 2.30. The zero-order valence-corrected chi connectivity index (χ0v) is 18.8. The molecule has 2 aromatic carbocycles. The van der Waals surface area contributed by atoms with Gasteiger partial charge in [-0.1, -0.05) is 41.9 Å². The number of aromatic nitrogens is 2. The molecule has 1 aliphatic heterocycles. The molecule has 7 nitrogen and oxygen atoms in total. The average molecular weight is 455 g/mol. The molecule has 1 atom stereocenters. The highest BCUT2D eigenvalue weighted by Gasteiger charge is 2.17. The van der Waals surface area contributed by atoms with E-state index in [1.54, 1.807) is 13.1 Å². The van der Waals surface area contributed by atoms with Gasteiger partial charge in [-0.3, -0.25) is 0 Å². The van der Waals surface area contributed by atoms with Crippen molar-refractivity contribution in [2.45, 2.75) is 6.10 Å². The normalized spacial score (nSPS) is 14.9. The van der Waals surface area contributed by atoms with Gasteiger partial charge in [0, 0.05) is 41.9 Å². The lowest BCUT2D eigenvalue weighted by atomic mass is 10.1. The topological polar surface area (TPSA) is 79.7 Å². The fraction of sp³-hybridized carbons (Fsp3) is 0.333. The predicted octanol–water partition coefficient (Wildman–Crippen LogP) is 3.26. The highest BCUT2D eigenvalue weighted by atomic mass is 35.5. The fourth-order valence-corrected chi connectivity index (χ4v) is 3.76. The molecule has 168 valence electrons. The van der Waals surface area contributed by atoms with Gasteiger partial charge >= 0.3 is 0 Å². The molecular weight excluding hydrogens is 428 g/mol. The molecule has 0 radical (unpaired) electrons. The van der Waals surface area contributed by atoms with E-state index in [0.29, 0.717) is 36.4 Å². The number of likely N-dealkylation sites (N-methyl/N-ethyl adjacent to an activating group) is 1. The van der Waals surface area contributed by atoms with Crippen molar-refractivity contribution in [2.75, 3.05) is 51.4 Å². The maximum absolute atomic E-state index is 9.95. The lowest BCUT2D eigenvalue weighted by molar-refractivity contribution is 0.108. The molecule has 1 fully saturated rings. The monoisotopic (exact) mass is 454 g/mol. The lowest BCUT2D eigenvalue weighted by Crippen LogP contribution is -2.36. The molecule has 0 aliphatic carbocycles. The molecule has 3 aromatic rings. The summed E-state index contributed by atoms with van der Waals surface area (Å²) in [5.41, 5.74) is 2.60. The smallest absolute Gasteiger partial charge is 0.162 e. The molecule has 4 rings (SSSR count). The summed E-state index contributed by atoms with van der Waals surface area (Å²) >= 11 is 6.38. The number of aliphatic hydroxyl groups is 1. The zero-order valence-electron chi connectivity index (χ0n) is 18.0. The molecule has 2 N–H and O–H groups in total. The van der Waals surface area contributed by atoms with Gasteiger partial charge in [0.1, 0.15) is 24.3 Å². The number of halogens is 1. The van der Waals surface area contributed by atoms with Crippen molar-refractivity contribution >= 4 is 17.4 Å². The van der Waals surface area contributed by atoms with Gasteiger partial charge in [0.15, 0.2) is 5.82 Å². The summed E-state index contributed by atoms with van der Waals surface area (Å²) in [5.74, 6) is 1.98. The Kier molecular flexibility index (Phi) is 7.55. The Balaban J connectivity index is 1.70. The van der Waals surface area contributed by atoms with E-state index in [1.165, 1.54) is 0 Å². The molecule has 8 heteroatoms. The molecule has 0 amide bonds. The summed E-state index contributed by atoms with van der Waals surface area (Å²) < 4.78 is 11.3. The van der Waals surface area contributed by atoms with E-state index < -0.39 is 6.10 Å². The van der Waals surface area contributed by atoms with E-state index >= 15 is 0 Å². The van der Waals surface area contributed by atoms with Crippen LogP contribution in [0.2, 0.25) is 5.02 Å². The second kappa shape index (κ2) is 10.7. The van der Waals surface area contributed by atoms with Crippen LogP contribution in [0, 0.1) is 0 Å². The molecule has 0 spiro atoms. The van der Waals surface area contributed by atoms with Crippen molar-refractivity contribution in [2.24, 2.45) is 0 Å². The summed E-state index contributed by atoms with van der Waals surface area (Å²) in [6, 6.07) is 17.5. The molecule has 0 saturated carbocycles. The molecule has 1 unspecified atom stereocenters. The maximum atomic E-state index is 9.95. The minimum absolute atomic E-state index is 0.157. The quantitative estimate of drug-likeness (QED) is 0.540. The highest BCUT2D eigenvalue weighted by molar-refractivity contribution is 6.31. The van der Waals surface area contributed by atoms with Crippen LogP contribution in [0.4, 0.5) is 5.82 Å². The van der Waals surface area contributed by atoms with Gasteiger partial charge in [-0.2, -0.15) is 0 Å². The SMILES string of the molecule is CNCC(O)COc1cc(Cl)cc(-c2nc(-c3ccccc3)cc(N3CCOCC3)n2)c1. The number of nitrogens with zero attached hydrogens (tertiary/aromatic N) is 3. The number of morpholine rings is 1. The third-order valence-electron chi connectivity index (χ3n) is 5.13. The Morgan fingerprint density at radius 1 is 1.09 bits per heavy atom. The maximum Gasteiger partial charge on any atom is 0.162 e. The minimum Gasteiger partial charge on any atom is -0.491 e. The first-order valence-electron chi connectivity index (χ1n) is 10.7. The number of rotatable bonds is 8. The second-order valence-corrected chi connectivity index (χ2v) is 8.03. The number of anilines is 1. The van der Waals surface area contributed by atoms with E-state index in [-0.39, 0.29) is 6.61 Å². The van der Waals surface area contributed by atoms with Crippen LogP contribution in [-0.4, -0.2) is 67.7 Å². The summed E-state index contributed by atoms with van der Waals surface area (Å²) in [5, 5.41) is 13.4. The first-order valence-corrected chi connectivity index (χ1v) is 11.0. The van der Waals surface area contributed by atoms with Gasteiger partial charge in [0.25, 0.3) is 0 Å². The average Bonchev–Trinajstić information content (AvgIpc) is 2.83. The molecular formula is C24H27ClN4O3. The summed E-state index contributed by atoms with van der Waals surface area (Å²) in [4.78, 5) is 11.9. The van der Waals surface area contributed by atoms with Crippen LogP contribution in [0.5, 0.6) is 5.75 Å². The van der Waals surface area contributed by atoms with Crippen molar-refractivity contribution in [3.63, 3.8) is 0 Å². The van der Waals surface area contributed by atoms with Crippen LogP contribution in [0.25, 0.3) is 22.6 Å². The van der Waals surface area contributed by atoms with Crippen molar-refractivity contribution in [1.29, 1.82) is 0 Å². The summed E-state index contributed by atoms with van der Waals surface area (Å²) in [6.07, 6.45) is -0.618. The van der Waals surface area contributed by atoms with E-state index in [4.69, 9.17) is 31.0 Å². The van der Waals surface area contributed by atoms with Crippen LogP contribution in [0.1, 0.15) is 0 Å². The second-order valence-electron chi connectivity index (χ2n) is 7.60. The number of benzene rings is 2. The first kappa shape index (κ1) is 22.5. The van der Waals surface area contributed by atoms with Gasteiger partial charge in [0.05, 0.1) is 18.9 Å². The molecule has 0 bridgehead atoms. The summed E-state index contributed by atoms with van der Waals surface area (Å²) in [7, 11) is 1.78. The van der Waals surface area contributed by atoms with Crippen LogP contribution in [-0.2, 0) is 4.74 Å². The van der Waals surface area contributed by atoms with Crippen molar-refractivity contribution in [1.82, 2.24) is 15.3 Å². The Bertz CT molecular complexity index is 1030. The third kappa shape index (κ3) is 5.75. The van der Waals surface area contributed by atoms with Gasteiger partial charge in [-0.25, -0.2) is 9.97 Å². The van der Waals surface area contributed by atoms with Crippen LogP contribution < -0.4 is 15.0 Å². The molecule has 1 aromatic heterocycles. The van der Waals surface area contributed by atoms with Gasteiger partial charge in [-0.15, -0.1) is 0 Å². The molecule has 2 heterocycles. The Morgan fingerprint density at radius 2 is 1.88 bits per heavy atom. The van der Waals surface area contributed by atoms with E-state index in [0.717, 1.165) is 35.7 Å². The number of hydrogen-bond donors (Lipinski definition) is 2. The van der Waals surface area contributed by atoms with Crippen LogP contribution in [0.15, 0.2) is 54.6 Å². The zero-order chi connectivity index (χ0) is 22.3. The van der Waals surface area contributed by atoms with Gasteiger partial charge in [-0.05, 0) is 25.2 Å². The van der Waals surface area contributed by atoms with E-state index in [9.17, 15) is 5.11 Å². The fourth-order valence-electron chi connectivity index (χ4n) is 3.54. The minimum atomic E-state index is -0.618. The number of aliphatic hydroxyl groups excluding tert-OH is 1. The predicted molar refractivity (Wildman–Crippen MR) is 126 cm³/mol. The Labute approximate surface area is 193 Å². The van der Waals surface area contributed by atoms with Crippen molar-refractivity contribution < 1.29 is 14.6 Å².